The first-order chi connectivity index (χ1) is 8.63. The highest BCUT2D eigenvalue weighted by Gasteiger charge is 2.58. The number of anilines is 1. The molecule has 0 amide bonds. The zero-order chi connectivity index (χ0) is 14.8. The lowest BCUT2D eigenvalue weighted by Crippen LogP contribution is -2.55. The second-order valence-electron chi connectivity index (χ2n) is 3.91. The molecule has 1 atom stereocenters. The van der Waals surface area contributed by atoms with Crippen LogP contribution in [0.25, 0.3) is 0 Å². The minimum atomic E-state index is -5.00. The van der Waals surface area contributed by atoms with E-state index in [0.29, 0.717) is 6.92 Å². The zero-order valence-corrected chi connectivity index (χ0v) is 10.4. The Morgan fingerprint density at radius 2 is 2.00 bits per heavy atom. The summed E-state index contributed by atoms with van der Waals surface area (Å²) in [4.78, 5) is 18.2. The zero-order valence-electron chi connectivity index (χ0n) is 10.4. The van der Waals surface area contributed by atoms with Gasteiger partial charge in [0.15, 0.2) is 0 Å². The highest BCUT2D eigenvalue weighted by molar-refractivity contribution is 5.83. The van der Waals surface area contributed by atoms with Crippen molar-refractivity contribution in [3.63, 3.8) is 0 Å². The molecule has 9 heteroatoms. The average molecular weight is 279 g/mol. The highest BCUT2D eigenvalue weighted by atomic mass is 19.4. The molecular formula is C10H12F3N3O3. The molecule has 0 bridgehead atoms. The minimum Gasteiger partial charge on any atom is -0.481 e. The SMILES string of the molecule is COc1ncnc(NC(C)(C(=O)O)C(F)(F)F)c1C. The van der Waals surface area contributed by atoms with Crippen molar-refractivity contribution in [3.8, 4) is 5.88 Å². The van der Waals surface area contributed by atoms with Gasteiger partial charge in [0.25, 0.3) is 0 Å². The second kappa shape index (κ2) is 4.90. The molecule has 2 N–H and O–H groups in total. The molecule has 0 fully saturated rings. The van der Waals surface area contributed by atoms with Crippen LogP contribution in [0.5, 0.6) is 5.88 Å². The largest absolute Gasteiger partial charge is 0.481 e. The van der Waals surface area contributed by atoms with Crippen molar-refractivity contribution in [2.45, 2.75) is 25.6 Å². The lowest BCUT2D eigenvalue weighted by atomic mass is 10.0. The number of methoxy groups -OCH3 is 1. The van der Waals surface area contributed by atoms with Crippen molar-refractivity contribution in [1.29, 1.82) is 0 Å². The first-order valence-electron chi connectivity index (χ1n) is 5.07. The van der Waals surface area contributed by atoms with Crippen LogP contribution < -0.4 is 10.1 Å². The number of nitrogens with one attached hydrogen (secondary N) is 1. The summed E-state index contributed by atoms with van der Waals surface area (Å²) in [5, 5.41) is 10.7. The van der Waals surface area contributed by atoms with Crippen molar-refractivity contribution < 1.29 is 27.8 Å². The van der Waals surface area contributed by atoms with Crippen LogP contribution in [0.1, 0.15) is 12.5 Å². The van der Waals surface area contributed by atoms with E-state index in [-0.39, 0.29) is 17.3 Å². The van der Waals surface area contributed by atoms with Crippen LogP contribution in [-0.2, 0) is 4.79 Å². The van der Waals surface area contributed by atoms with Gasteiger partial charge in [-0.3, -0.25) is 0 Å². The van der Waals surface area contributed by atoms with Crippen LogP contribution in [0.3, 0.4) is 0 Å². The van der Waals surface area contributed by atoms with Gasteiger partial charge in [-0.2, -0.15) is 13.2 Å². The van der Waals surface area contributed by atoms with Crippen molar-refractivity contribution in [2.75, 3.05) is 12.4 Å². The highest BCUT2D eigenvalue weighted by Crippen LogP contribution is 2.34. The third-order valence-corrected chi connectivity index (χ3v) is 2.59. The Morgan fingerprint density at radius 1 is 1.42 bits per heavy atom. The predicted molar refractivity (Wildman–Crippen MR) is 59.0 cm³/mol. The third kappa shape index (κ3) is 2.69. The molecule has 0 radical (unpaired) electrons. The van der Waals surface area contributed by atoms with E-state index in [2.05, 4.69) is 9.97 Å². The topological polar surface area (TPSA) is 84.3 Å². The van der Waals surface area contributed by atoms with E-state index in [4.69, 9.17) is 9.84 Å². The van der Waals surface area contributed by atoms with Gasteiger partial charge in [-0.05, 0) is 13.8 Å². The summed E-state index contributed by atoms with van der Waals surface area (Å²) in [5.41, 5.74) is -2.97. The molecule has 1 heterocycles. The molecule has 0 spiro atoms. The van der Waals surface area contributed by atoms with Gasteiger partial charge >= 0.3 is 12.1 Å². The summed E-state index contributed by atoms with van der Waals surface area (Å²) in [6.07, 6.45) is -4.02. The van der Waals surface area contributed by atoms with Gasteiger partial charge in [0.2, 0.25) is 11.4 Å². The lowest BCUT2D eigenvalue weighted by Gasteiger charge is -2.29. The first kappa shape index (κ1) is 15.0. The number of aliphatic carboxylic acids is 1. The van der Waals surface area contributed by atoms with Gasteiger partial charge in [0, 0.05) is 0 Å². The van der Waals surface area contributed by atoms with Gasteiger partial charge in [-0.15, -0.1) is 0 Å². The Morgan fingerprint density at radius 3 is 2.42 bits per heavy atom. The number of ether oxygens (including phenoxy) is 1. The molecular weight excluding hydrogens is 267 g/mol. The number of carboxylic acid groups (broad SMARTS) is 1. The Hall–Kier alpha value is -2.06. The fourth-order valence-electron chi connectivity index (χ4n) is 1.25. The van der Waals surface area contributed by atoms with E-state index >= 15 is 0 Å². The summed E-state index contributed by atoms with van der Waals surface area (Å²) in [6.45, 7) is 1.93. The van der Waals surface area contributed by atoms with Gasteiger partial charge in [-0.25, -0.2) is 14.8 Å². The lowest BCUT2D eigenvalue weighted by molar-refractivity contribution is -0.192. The van der Waals surface area contributed by atoms with Crippen molar-refractivity contribution in [2.24, 2.45) is 0 Å². The molecule has 19 heavy (non-hydrogen) atoms. The molecule has 1 unspecified atom stereocenters. The number of nitrogens with zero attached hydrogens (tertiary/aromatic N) is 2. The Kier molecular flexibility index (Phi) is 3.87. The Bertz CT molecular complexity index is 493. The minimum absolute atomic E-state index is 0.0624. The number of hydrogen-bond acceptors (Lipinski definition) is 5. The number of halogens is 3. The molecule has 1 aromatic rings. The van der Waals surface area contributed by atoms with Crippen LogP contribution in [-0.4, -0.2) is 39.9 Å². The smallest absolute Gasteiger partial charge is 0.422 e. The fourth-order valence-corrected chi connectivity index (χ4v) is 1.25. The molecule has 0 aromatic carbocycles. The second-order valence-corrected chi connectivity index (χ2v) is 3.91. The Labute approximate surface area is 106 Å². The van der Waals surface area contributed by atoms with Crippen LogP contribution >= 0.6 is 0 Å². The average Bonchev–Trinajstić information content (AvgIpc) is 2.30. The number of carboxylic acids is 1. The van der Waals surface area contributed by atoms with Crippen LogP contribution in [0.15, 0.2) is 6.33 Å². The van der Waals surface area contributed by atoms with E-state index < -0.39 is 17.7 Å². The van der Waals surface area contributed by atoms with Crippen LogP contribution in [0, 0.1) is 6.92 Å². The summed E-state index contributed by atoms with van der Waals surface area (Å²) in [5.74, 6) is -2.25. The molecule has 1 rings (SSSR count). The summed E-state index contributed by atoms with van der Waals surface area (Å²) in [6, 6.07) is 0. The van der Waals surface area contributed by atoms with Crippen LogP contribution in [0.4, 0.5) is 19.0 Å². The van der Waals surface area contributed by atoms with Crippen molar-refractivity contribution in [3.05, 3.63) is 11.9 Å². The van der Waals surface area contributed by atoms with E-state index in [1.807, 2.05) is 5.32 Å². The Balaban J connectivity index is 3.23. The van der Waals surface area contributed by atoms with E-state index in [1.165, 1.54) is 14.0 Å². The maximum Gasteiger partial charge on any atom is 0.422 e. The molecule has 0 aliphatic carbocycles. The number of rotatable bonds is 4. The fraction of sp³-hybridized carbons (Fsp3) is 0.500. The summed E-state index contributed by atoms with van der Waals surface area (Å²) >= 11 is 0. The summed E-state index contributed by atoms with van der Waals surface area (Å²) in [7, 11) is 1.29. The predicted octanol–water partition coefficient (Wildman–Crippen LogP) is 1.61. The van der Waals surface area contributed by atoms with Gasteiger partial charge < -0.3 is 15.2 Å². The molecule has 106 valence electrons. The van der Waals surface area contributed by atoms with Gasteiger partial charge in [0.1, 0.15) is 12.1 Å². The molecule has 0 aliphatic heterocycles. The number of aromatic nitrogens is 2. The van der Waals surface area contributed by atoms with Crippen molar-refractivity contribution >= 4 is 11.8 Å². The standard InChI is InChI=1S/C10H12F3N3O3/c1-5-6(14-4-15-7(5)19-3)16-9(2,8(17)18)10(11,12)13/h4H,1-3H3,(H,17,18)(H,14,15,16). The molecule has 0 saturated heterocycles. The van der Waals surface area contributed by atoms with E-state index in [9.17, 15) is 18.0 Å². The van der Waals surface area contributed by atoms with Crippen molar-refractivity contribution in [1.82, 2.24) is 9.97 Å². The third-order valence-electron chi connectivity index (χ3n) is 2.59. The maximum atomic E-state index is 12.8. The van der Waals surface area contributed by atoms with Crippen LogP contribution in [0.2, 0.25) is 0 Å². The number of carbonyl (C=O) groups is 1. The van der Waals surface area contributed by atoms with Gasteiger partial charge in [-0.1, -0.05) is 0 Å². The monoisotopic (exact) mass is 279 g/mol. The molecule has 0 aliphatic rings. The maximum absolute atomic E-state index is 12.8. The molecule has 1 aromatic heterocycles. The number of alkyl halides is 3. The first-order valence-corrected chi connectivity index (χ1v) is 5.07. The normalized spacial score (nSPS) is 14.6. The van der Waals surface area contributed by atoms with E-state index in [1.54, 1.807) is 0 Å². The molecule has 6 nitrogen and oxygen atoms in total. The molecule has 0 saturated carbocycles. The summed E-state index contributed by atoms with van der Waals surface area (Å²) < 4.78 is 43.3. The van der Waals surface area contributed by atoms with E-state index in [0.717, 1.165) is 6.33 Å². The number of hydrogen-bond donors (Lipinski definition) is 2. The quantitative estimate of drug-likeness (QED) is 0.871. The van der Waals surface area contributed by atoms with Gasteiger partial charge in [0.05, 0.1) is 12.7 Å².